The second-order valence-electron chi connectivity index (χ2n) is 8.10. The number of halogens is 2. The van der Waals surface area contributed by atoms with Crippen molar-refractivity contribution in [3.63, 3.8) is 0 Å². The van der Waals surface area contributed by atoms with Crippen LogP contribution >= 0.6 is 34.8 Å². The molecule has 0 aliphatic carbocycles. The molecule has 0 amide bonds. The van der Waals surface area contributed by atoms with Crippen molar-refractivity contribution < 1.29 is 68.2 Å². The first kappa shape index (κ1) is 48.1. The predicted molar refractivity (Wildman–Crippen MR) is 177 cm³/mol. The molecule has 0 aliphatic rings. The van der Waals surface area contributed by atoms with E-state index in [-0.39, 0.29) is 76.1 Å². The van der Waals surface area contributed by atoms with Gasteiger partial charge in [-0.05, 0) is 75.1 Å². The molecule has 2 aromatic carbocycles. The molecule has 6 nitrogen and oxygen atoms in total. The maximum atomic E-state index is 12.0. The van der Waals surface area contributed by atoms with Crippen LogP contribution in [-0.2, 0) is 29.4 Å². The molecule has 0 saturated heterocycles. The minimum absolute atomic E-state index is 0. The van der Waals surface area contributed by atoms with E-state index in [0.717, 1.165) is 67.1 Å². The van der Waals surface area contributed by atoms with Crippen molar-refractivity contribution in [1.82, 2.24) is 9.80 Å². The van der Waals surface area contributed by atoms with E-state index in [1.807, 2.05) is 26.0 Å². The maximum Gasteiger partial charge on any atom is 1.00 e. The smallest absolute Gasteiger partial charge is 0.644 e. The molecule has 0 aromatic heterocycles. The van der Waals surface area contributed by atoms with Gasteiger partial charge in [0.15, 0.2) is 0 Å². The second-order valence-corrected chi connectivity index (χ2v) is 15.2. The topological polar surface area (TPSA) is 74.8 Å². The Hall–Kier alpha value is 1.18. The minimum Gasteiger partial charge on any atom is -0.644 e. The summed E-state index contributed by atoms with van der Waals surface area (Å²) in [6.45, 7) is 18.3. The molecule has 0 aliphatic heterocycles. The minimum atomic E-state index is -3.44. The fourth-order valence-corrected chi connectivity index (χ4v) is 6.78. The molecule has 0 N–H and O–H groups in total. The van der Waals surface area contributed by atoms with Crippen molar-refractivity contribution >= 4 is 64.2 Å². The largest absolute Gasteiger partial charge is 1.00 e. The van der Waals surface area contributed by atoms with Crippen LogP contribution in [0.15, 0.2) is 58.3 Å². The summed E-state index contributed by atoms with van der Waals surface area (Å²) < 4.78 is 45.6. The Balaban J connectivity index is -0.000000255. The van der Waals surface area contributed by atoms with Crippen LogP contribution in [0.4, 0.5) is 0 Å². The molecule has 2 aromatic rings. The molecule has 13 heteroatoms. The van der Waals surface area contributed by atoms with Crippen molar-refractivity contribution in [2.45, 2.75) is 58.8 Å². The Morgan fingerprint density at radius 1 is 0.725 bits per heavy atom. The van der Waals surface area contributed by atoms with E-state index in [1.165, 1.54) is 12.1 Å². The van der Waals surface area contributed by atoms with Crippen LogP contribution in [0.2, 0.25) is 0 Å². The standard InChI is InChI=1S/C13H21NO2S2.C7H8O2S2.C6H14ClN.CH4.ClH.K/c1-4-14(5-2)10-11-17-18(15,16)13-8-6-12(3)7-9-13;1-6-2-4-7(5-3-6)11(8,9)10;1-3-8(4-2)6-5-7;;;/h6-9H,4-5,10-11H2,1-3H3;2-5H,1H3,(H,8,9,10);3-6H2,1-2H3;1H4;1H;/q;;;;;+1/p-1. The van der Waals surface area contributed by atoms with E-state index in [0.29, 0.717) is 10.6 Å². The van der Waals surface area contributed by atoms with Crippen molar-refractivity contribution in [1.29, 1.82) is 0 Å². The van der Waals surface area contributed by atoms with E-state index in [1.54, 1.807) is 24.3 Å². The van der Waals surface area contributed by atoms with Crippen LogP contribution < -0.4 is 51.4 Å². The van der Waals surface area contributed by atoms with Crippen LogP contribution in [0.5, 0.6) is 0 Å². The number of hydrogen-bond acceptors (Lipinski definition) is 8. The van der Waals surface area contributed by atoms with Crippen LogP contribution in [0.25, 0.3) is 0 Å². The first-order valence-electron chi connectivity index (χ1n) is 12.3. The fourth-order valence-electron chi connectivity index (χ4n) is 2.95. The molecule has 0 radical (unpaired) electrons. The summed E-state index contributed by atoms with van der Waals surface area (Å²) in [4.78, 5) is 5.11. The van der Waals surface area contributed by atoms with Gasteiger partial charge < -0.3 is 21.5 Å². The average Bonchev–Trinajstić information content (AvgIpc) is 2.86. The molecular weight excluding hydrogens is 655 g/mol. The summed E-state index contributed by atoms with van der Waals surface area (Å²) in [7, 11) is -5.61. The average molecular weight is 702 g/mol. The zero-order valence-electron chi connectivity index (χ0n) is 24.2. The first-order valence-corrected chi connectivity index (χ1v) is 18.3. The molecule has 0 spiro atoms. The molecular formula is C27H47Cl2KN2O4S4. The van der Waals surface area contributed by atoms with Gasteiger partial charge in [0.1, 0.15) is 0 Å². The van der Waals surface area contributed by atoms with Crippen molar-refractivity contribution in [2.75, 3.05) is 50.9 Å². The van der Waals surface area contributed by atoms with E-state index >= 15 is 0 Å². The van der Waals surface area contributed by atoms with Gasteiger partial charge in [-0.1, -0.05) is 70.5 Å². The third-order valence-electron chi connectivity index (χ3n) is 5.45. The zero-order valence-corrected chi connectivity index (χ0v) is 32.2. The molecule has 0 saturated carbocycles. The van der Waals surface area contributed by atoms with E-state index in [4.69, 9.17) is 11.6 Å². The van der Waals surface area contributed by atoms with Crippen molar-refractivity contribution in [2.24, 2.45) is 0 Å². The Kier molecular flexibility index (Phi) is 31.9. The zero-order chi connectivity index (χ0) is 28.5. The van der Waals surface area contributed by atoms with Gasteiger partial charge in [-0.15, -0.1) is 24.0 Å². The normalized spacial score (nSPS) is 10.7. The van der Waals surface area contributed by atoms with E-state index in [9.17, 15) is 16.8 Å². The summed E-state index contributed by atoms with van der Waals surface area (Å²) in [6, 6.07) is 13.5. The molecule has 0 bridgehead atoms. The number of aryl methyl sites for hydroxylation is 2. The van der Waals surface area contributed by atoms with Gasteiger partial charge in [-0.2, -0.15) is 0 Å². The van der Waals surface area contributed by atoms with Crippen LogP contribution in [0, 0.1) is 13.8 Å². The Bertz CT molecular complexity index is 1080. The van der Waals surface area contributed by atoms with Gasteiger partial charge in [-0.3, -0.25) is 0 Å². The van der Waals surface area contributed by atoms with E-state index in [2.05, 4.69) is 49.2 Å². The fraction of sp³-hybridized carbons (Fsp3) is 0.556. The summed E-state index contributed by atoms with van der Waals surface area (Å²) in [5.41, 5.74) is 2.09. The molecule has 0 fully saturated rings. The van der Waals surface area contributed by atoms with Gasteiger partial charge in [0.25, 0.3) is 0 Å². The number of hydrogen-bond donors (Lipinski definition) is 0. The van der Waals surface area contributed by atoms with Crippen LogP contribution in [0.3, 0.4) is 0 Å². The summed E-state index contributed by atoms with van der Waals surface area (Å²) >= 11 is 9.78. The van der Waals surface area contributed by atoms with E-state index < -0.39 is 17.7 Å². The predicted octanol–water partition coefficient (Wildman–Crippen LogP) is 3.62. The Morgan fingerprint density at radius 2 is 1.07 bits per heavy atom. The van der Waals surface area contributed by atoms with Crippen molar-refractivity contribution in [3.05, 3.63) is 59.7 Å². The third kappa shape index (κ3) is 21.8. The number of alkyl halides is 1. The summed E-state index contributed by atoms with van der Waals surface area (Å²) in [5, 5.41) is 0. The monoisotopic (exact) mass is 700 g/mol. The number of nitrogens with zero attached hydrogens (tertiary/aromatic N) is 2. The van der Waals surface area contributed by atoms with Gasteiger partial charge >= 0.3 is 51.4 Å². The quantitative estimate of drug-likeness (QED) is 0.144. The molecule has 40 heavy (non-hydrogen) atoms. The van der Waals surface area contributed by atoms with Gasteiger partial charge in [0.2, 0.25) is 8.87 Å². The summed E-state index contributed by atoms with van der Waals surface area (Å²) in [5.74, 6) is 1.36. The van der Waals surface area contributed by atoms with Crippen LogP contribution in [0.1, 0.15) is 46.2 Å². The molecule has 0 unspecified atom stereocenters. The summed E-state index contributed by atoms with van der Waals surface area (Å²) in [6.07, 6.45) is 0. The van der Waals surface area contributed by atoms with Gasteiger partial charge in [-0.25, -0.2) is 16.8 Å². The third-order valence-corrected chi connectivity index (χ3v) is 10.6. The number of benzene rings is 2. The molecule has 0 atom stereocenters. The number of rotatable bonds is 12. The Labute approximate surface area is 307 Å². The molecule has 228 valence electrons. The molecule has 0 heterocycles. The second kappa shape index (κ2) is 26.6. The van der Waals surface area contributed by atoms with Crippen LogP contribution in [-0.4, -0.2) is 77.5 Å². The van der Waals surface area contributed by atoms with Gasteiger partial charge in [0, 0.05) is 29.6 Å². The first-order chi connectivity index (χ1) is 17.3. The van der Waals surface area contributed by atoms with Crippen molar-refractivity contribution in [3.8, 4) is 0 Å². The Morgan fingerprint density at radius 3 is 1.38 bits per heavy atom. The SMILES string of the molecule is C.CCN(CC)CCCl.CCN(CC)CCSS(=O)(=O)c1ccc(C)cc1.Cc1ccc(S(=O)(=O)[S-])cc1.Cl.[K+]. The molecule has 2 rings (SSSR count). The maximum absolute atomic E-state index is 12.0. The van der Waals surface area contributed by atoms with Gasteiger partial charge in [0.05, 0.1) is 13.8 Å².